The van der Waals surface area contributed by atoms with E-state index in [2.05, 4.69) is 20.9 Å². The van der Waals surface area contributed by atoms with Gasteiger partial charge in [0.15, 0.2) is 0 Å². The number of aryl methyl sites for hydroxylation is 1. The summed E-state index contributed by atoms with van der Waals surface area (Å²) >= 11 is 0. The predicted molar refractivity (Wildman–Crippen MR) is 65.4 cm³/mol. The molecule has 0 spiro atoms. The zero-order chi connectivity index (χ0) is 12.3. The third-order valence-corrected chi connectivity index (χ3v) is 2.53. The van der Waals surface area contributed by atoms with Crippen LogP contribution in [0.15, 0.2) is 12.4 Å². The molecule has 96 valence electrons. The van der Waals surface area contributed by atoms with Gasteiger partial charge in [0.25, 0.3) is 0 Å². The van der Waals surface area contributed by atoms with Crippen LogP contribution in [-0.2, 0) is 11.3 Å². The molecule has 1 amide bonds. The first-order valence-corrected chi connectivity index (χ1v) is 6.08. The molecular weight excluding hydrogens is 218 g/mol. The van der Waals surface area contributed by atoms with E-state index in [9.17, 15) is 4.79 Å². The first kappa shape index (κ1) is 13.6. The van der Waals surface area contributed by atoms with Crippen molar-refractivity contribution in [2.24, 2.45) is 0 Å². The lowest BCUT2D eigenvalue weighted by molar-refractivity contribution is -0.119. The number of carbonyl (C=O) groups excluding carboxylic acids is 1. The first-order chi connectivity index (χ1) is 8.33. The van der Waals surface area contributed by atoms with Gasteiger partial charge in [0.1, 0.15) is 0 Å². The number of hydrogen-bond donors (Lipinski definition) is 2. The summed E-state index contributed by atoms with van der Waals surface area (Å²) in [5, 5.41) is 13.3. The highest BCUT2D eigenvalue weighted by Crippen LogP contribution is 2.00. The minimum absolute atomic E-state index is 0.0381. The molecule has 17 heavy (non-hydrogen) atoms. The molecule has 0 fully saturated rings. The van der Waals surface area contributed by atoms with Crippen LogP contribution in [-0.4, -0.2) is 41.0 Å². The molecule has 1 heterocycles. The Balaban J connectivity index is 1.83. The SMILES string of the molecule is CNC(=O)CNCCCCCCn1ccnn1. The maximum absolute atomic E-state index is 10.9. The number of carbonyl (C=O) groups is 1. The van der Waals surface area contributed by atoms with Crippen molar-refractivity contribution in [3.05, 3.63) is 12.4 Å². The van der Waals surface area contributed by atoms with Crippen LogP contribution in [0.2, 0.25) is 0 Å². The van der Waals surface area contributed by atoms with E-state index < -0.39 is 0 Å². The van der Waals surface area contributed by atoms with Gasteiger partial charge < -0.3 is 10.6 Å². The van der Waals surface area contributed by atoms with Gasteiger partial charge in [-0.15, -0.1) is 5.10 Å². The molecule has 0 aliphatic rings. The Kier molecular flexibility index (Phi) is 6.97. The zero-order valence-electron chi connectivity index (χ0n) is 10.4. The largest absolute Gasteiger partial charge is 0.358 e. The van der Waals surface area contributed by atoms with Crippen molar-refractivity contribution in [2.75, 3.05) is 20.1 Å². The summed E-state index contributed by atoms with van der Waals surface area (Å²) in [6.45, 7) is 2.25. The van der Waals surface area contributed by atoms with E-state index >= 15 is 0 Å². The van der Waals surface area contributed by atoms with E-state index in [1.165, 1.54) is 12.8 Å². The van der Waals surface area contributed by atoms with E-state index in [1.54, 1.807) is 13.2 Å². The molecule has 0 saturated heterocycles. The Hall–Kier alpha value is -1.43. The summed E-state index contributed by atoms with van der Waals surface area (Å²) in [6.07, 6.45) is 8.16. The Morgan fingerprint density at radius 3 is 2.82 bits per heavy atom. The molecule has 0 aromatic carbocycles. The summed E-state index contributed by atoms with van der Waals surface area (Å²) in [7, 11) is 1.65. The number of nitrogens with one attached hydrogen (secondary N) is 2. The molecule has 6 nitrogen and oxygen atoms in total. The van der Waals surface area contributed by atoms with Crippen LogP contribution in [0.3, 0.4) is 0 Å². The molecule has 1 aromatic rings. The minimum Gasteiger partial charge on any atom is -0.358 e. The van der Waals surface area contributed by atoms with E-state index in [0.717, 1.165) is 25.9 Å². The molecule has 1 aromatic heterocycles. The van der Waals surface area contributed by atoms with Crippen LogP contribution in [0, 0.1) is 0 Å². The number of rotatable bonds is 9. The Bertz CT molecular complexity index is 299. The quantitative estimate of drug-likeness (QED) is 0.603. The average Bonchev–Trinajstić information content (AvgIpc) is 2.85. The molecule has 0 bridgehead atoms. The first-order valence-electron chi connectivity index (χ1n) is 6.08. The minimum atomic E-state index is 0.0381. The molecule has 6 heteroatoms. The topological polar surface area (TPSA) is 71.8 Å². The van der Waals surface area contributed by atoms with Gasteiger partial charge in [-0.1, -0.05) is 18.1 Å². The average molecular weight is 239 g/mol. The van der Waals surface area contributed by atoms with E-state index in [0.29, 0.717) is 6.54 Å². The molecule has 0 saturated carbocycles. The number of nitrogens with zero attached hydrogens (tertiary/aromatic N) is 3. The highest BCUT2D eigenvalue weighted by molar-refractivity contribution is 5.77. The third kappa shape index (κ3) is 6.68. The molecule has 0 radical (unpaired) electrons. The van der Waals surface area contributed by atoms with Crippen molar-refractivity contribution in [3.63, 3.8) is 0 Å². The van der Waals surface area contributed by atoms with Crippen LogP contribution in [0.1, 0.15) is 25.7 Å². The van der Waals surface area contributed by atoms with E-state index in [1.807, 2.05) is 10.9 Å². The Morgan fingerprint density at radius 2 is 2.12 bits per heavy atom. The lowest BCUT2D eigenvalue weighted by Crippen LogP contribution is -2.31. The zero-order valence-corrected chi connectivity index (χ0v) is 10.4. The monoisotopic (exact) mass is 239 g/mol. The number of likely N-dealkylation sites (N-methyl/N-ethyl adjacent to an activating group) is 1. The summed E-state index contributed by atoms with van der Waals surface area (Å²) in [5.74, 6) is 0.0381. The Morgan fingerprint density at radius 1 is 1.29 bits per heavy atom. The van der Waals surface area contributed by atoms with Gasteiger partial charge in [0.05, 0.1) is 12.7 Å². The van der Waals surface area contributed by atoms with Crippen LogP contribution < -0.4 is 10.6 Å². The van der Waals surface area contributed by atoms with Crippen molar-refractivity contribution in [3.8, 4) is 0 Å². The van der Waals surface area contributed by atoms with Crippen molar-refractivity contribution in [1.29, 1.82) is 0 Å². The normalized spacial score (nSPS) is 10.4. The van der Waals surface area contributed by atoms with Gasteiger partial charge in [-0.25, -0.2) is 0 Å². The van der Waals surface area contributed by atoms with Crippen LogP contribution in [0.5, 0.6) is 0 Å². The van der Waals surface area contributed by atoms with Gasteiger partial charge in [0, 0.05) is 19.8 Å². The maximum atomic E-state index is 10.9. The van der Waals surface area contributed by atoms with Gasteiger partial charge in [-0.3, -0.25) is 9.48 Å². The van der Waals surface area contributed by atoms with Crippen molar-refractivity contribution in [1.82, 2.24) is 25.6 Å². The highest BCUT2D eigenvalue weighted by Gasteiger charge is 1.96. The molecular formula is C11H21N5O. The third-order valence-electron chi connectivity index (χ3n) is 2.53. The van der Waals surface area contributed by atoms with Gasteiger partial charge in [0.2, 0.25) is 5.91 Å². The molecule has 0 aliphatic carbocycles. The van der Waals surface area contributed by atoms with Gasteiger partial charge in [-0.2, -0.15) is 0 Å². The lowest BCUT2D eigenvalue weighted by Gasteiger charge is -2.04. The lowest BCUT2D eigenvalue weighted by atomic mass is 10.2. The predicted octanol–water partition coefficient (Wildman–Crippen LogP) is 0.174. The second-order valence-corrected chi connectivity index (χ2v) is 3.93. The fourth-order valence-corrected chi connectivity index (χ4v) is 1.52. The Labute approximate surface area is 102 Å². The van der Waals surface area contributed by atoms with Gasteiger partial charge in [-0.05, 0) is 19.4 Å². The number of aromatic nitrogens is 3. The molecule has 0 aliphatic heterocycles. The van der Waals surface area contributed by atoms with Crippen LogP contribution >= 0.6 is 0 Å². The van der Waals surface area contributed by atoms with E-state index in [-0.39, 0.29) is 5.91 Å². The number of amides is 1. The number of unbranched alkanes of at least 4 members (excludes halogenated alkanes) is 3. The smallest absolute Gasteiger partial charge is 0.233 e. The standard InChI is InChI=1S/C11H21N5O/c1-12-11(17)10-13-6-4-2-3-5-8-16-9-7-14-15-16/h7,9,13H,2-6,8,10H2,1H3,(H,12,17). The number of hydrogen-bond acceptors (Lipinski definition) is 4. The van der Waals surface area contributed by atoms with Crippen molar-refractivity contribution < 1.29 is 4.79 Å². The molecule has 2 N–H and O–H groups in total. The molecule has 1 rings (SSSR count). The van der Waals surface area contributed by atoms with Crippen LogP contribution in [0.4, 0.5) is 0 Å². The maximum Gasteiger partial charge on any atom is 0.233 e. The fourth-order valence-electron chi connectivity index (χ4n) is 1.52. The van der Waals surface area contributed by atoms with Crippen LogP contribution in [0.25, 0.3) is 0 Å². The summed E-state index contributed by atoms with van der Waals surface area (Å²) in [6, 6.07) is 0. The summed E-state index contributed by atoms with van der Waals surface area (Å²) < 4.78 is 1.85. The molecule has 0 unspecified atom stereocenters. The highest BCUT2D eigenvalue weighted by atomic mass is 16.1. The summed E-state index contributed by atoms with van der Waals surface area (Å²) in [4.78, 5) is 10.9. The second kappa shape index (κ2) is 8.69. The fraction of sp³-hybridized carbons (Fsp3) is 0.727. The summed E-state index contributed by atoms with van der Waals surface area (Å²) in [5.41, 5.74) is 0. The van der Waals surface area contributed by atoms with E-state index in [4.69, 9.17) is 0 Å². The van der Waals surface area contributed by atoms with Crippen molar-refractivity contribution >= 4 is 5.91 Å². The molecule has 0 atom stereocenters. The van der Waals surface area contributed by atoms with Crippen molar-refractivity contribution in [2.45, 2.75) is 32.2 Å². The second-order valence-electron chi connectivity index (χ2n) is 3.93. The van der Waals surface area contributed by atoms with Gasteiger partial charge >= 0.3 is 0 Å².